The van der Waals surface area contributed by atoms with Crippen LogP contribution in [0.4, 0.5) is 0 Å². The molecule has 1 aromatic heterocycles. The maximum Gasteiger partial charge on any atom is 0.263 e. The molecule has 0 radical (unpaired) electrons. The lowest BCUT2D eigenvalue weighted by molar-refractivity contribution is 0.0952. The van der Waals surface area contributed by atoms with Gasteiger partial charge in [0.1, 0.15) is 10.9 Å². The minimum absolute atomic E-state index is 0.297. The number of nitrogens with one attached hydrogen (secondary N) is 1. The predicted molar refractivity (Wildman–Crippen MR) is 51.9 cm³/mol. The number of carbonyl (C=O) groups is 1. The maximum absolute atomic E-state index is 11.4. The lowest BCUT2D eigenvalue weighted by Crippen LogP contribution is -2.30. The third-order valence-corrected chi connectivity index (χ3v) is 2.70. The minimum atomic E-state index is -0.495. The van der Waals surface area contributed by atoms with Crippen LogP contribution in [0.25, 0.3) is 0 Å². The number of halogens is 1. The Labute approximate surface area is 84.9 Å². The summed E-state index contributed by atoms with van der Waals surface area (Å²) < 4.78 is 0. The highest BCUT2D eigenvalue weighted by Gasteiger charge is 2.13. The van der Waals surface area contributed by atoms with Crippen LogP contribution in [0.2, 0.25) is 5.02 Å². The Morgan fingerprint density at radius 1 is 1.85 bits per heavy atom. The highest BCUT2D eigenvalue weighted by molar-refractivity contribution is 7.12. The average Bonchev–Trinajstić information content (AvgIpc) is 2.51. The van der Waals surface area contributed by atoms with Crippen molar-refractivity contribution in [3.63, 3.8) is 0 Å². The first-order valence-electron chi connectivity index (χ1n) is 3.58. The topological polar surface area (TPSA) is 52.9 Å². The van der Waals surface area contributed by atoms with Gasteiger partial charge in [0.2, 0.25) is 0 Å². The van der Waals surface area contributed by atoms with Crippen LogP contribution in [0.3, 0.4) is 0 Å². The zero-order valence-electron chi connectivity index (χ0n) is 6.87. The SMILES string of the molecule is CC(C#N)NC(=O)c1sccc1Cl. The zero-order valence-corrected chi connectivity index (χ0v) is 8.45. The Morgan fingerprint density at radius 3 is 3.00 bits per heavy atom. The number of amides is 1. The summed E-state index contributed by atoms with van der Waals surface area (Å²) in [6.07, 6.45) is 0. The first-order chi connectivity index (χ1) is 6.15. The fourth-order valence-electron chi connectivity index (χ4n) is 0.750. The first-order valence-corrected chi connectivity index (χ1v) is 4.84. The van der Waals surface area contributed by atoms with Gasteiger partial charge in [0, 0.05) is 0 Å². The Bertz CT molecular complexity index is 355. The van der Waals surface area contributed by atoms with E-state index in [4.69, 9.17) is 16.9 Å². The van der Waals surface area contributed by atoms with E-state index in [-0.39, 0.29) is 5.91 Å². The molecule has 13 heavy (non-hydrogen) atoms. The Hall–Kier alpha value is -1.05. The summed E-state index contributed by atoms with van der Waals surface area (Å²) in [4.78, 5) is 11.8. The quantitative estimate of drug-likeness (QED) is 0.819. The van der Waals surface area contributed by atoms with E-state index in [1.54, 1.807) is 18.4 Å². The molecular weight excluding hydrogens is 208 g/mol. The van der Waals surface area contributed by atoms with E-state index in [0.29, 0.717) is 9.90 Å². The third kappa shape index (κ3) is 2.44. The molecule has 1 N–H and O–H groups in total. The predicted octanol–water partition coefficient (Wildman–Crippen LogP) is 2.04. The van der Waals surface area contributed by atoms with Crippen LogP contribution in [0.1, 0.15) is 16.6 Å². The Morgan fingerprint density at radius 2 is 2.54 bits per heavy atom. The average molecular weight is 215 g/mol. The molecule has 68 valence electrons. The highest BCUT2D eigenvalue weighted by atomic mass is 35.5. The summed E-state index contributed by atoms with van der Waals surface area (Å²) in [5, 5.41) is 13.1. The first kappa shape index (κ1) is 10.0. The smallest absolute Gasteiger partial charge is 0.263 e. The van der Waals surface area contributed by atoms with E-state index in [1.165, 1.54) is 11.3 Å². The van der Waals surface area contributed by atoms with Crippen molar-refractivity contribution in [1.29, 1.82) is 5.26 Å². The highest BCUT2D eigenvalue weighted by Crippen LogP contribution is 2.21. The van der Waals surface area contributed by atoms with Crippen LogP contribution >= 0.6 is 22.9 Å². The normalized spacial score (nSPS) is 11.8. The van der Waals surface area contributed by atoms with Gasteiger partial charge in [-0.15, -0.1) is 11.3 Å². The van der Waals surface area contributed by atoms with Crippen molar-refractivity contribution in [2.75, 3.05) is 0 Å². The molecule has 1 atom stereocenters. The van der Waals surface area contributed by atoms with Crippen LogP contribution in [0.5, 0.6) is 0 Å². The summed E-state index contributed by atoms with van der Waals surface area (Å²) in [5.41, 5.74) is 0. The van der Waals surface area contributed by atoms with Crippen LogP contribution in [0.15, 0.2) is 11.4 Å². The van der Waals surface area contributed by atoms with E-state index in [2.05, 4.69) is 5.32 Å². The molecular formula is C8H7ClN2OS. The minimum Gasteiger partial charge on any atom is -0.336 e. The van der Waals surface area contributed by atoms with E-state index < -0.39 is 6.04 Å². The molecule has 3 nitrogen and oxygen atoms in total. The number of hydrogen-bond acceptors (Lipinski definition) is 3. The maximum atomic E-state index is 11.4. The fourth-order valence-corrected chi connectivity index (χ4v) is 1.79. The Kier molecular flexibility index (Phi) is 3.29. The second-order valence-corrected chi connectivity index (χ2v) is 3.75. The number of hydrogen-bond donors (Lipinski definition) is 1. The van der Waals surface area contributed by atoms with Gasteiger partial charge in [-0.1, -0.05) is 11.6 Å². The monoisotopic (exact) mass is 214 g/mol. The third-order valence-electron chi connectivity index (χ3n) is 1.36. The second kappa shape index (κ2) is 4.26. The number of thiophene rings is 1. The van der Waals surface area contributed by atoms with Gasteiger partial charge in [-0.2, -0.15) is 5.26 Å². The molecule has 1 unspecified atom stereocenters. The molecule has 1 amide bonds. The molecule has 0 spiro atoms. The van der Waals surface area contributed by atoms with E-state index in [1.807, 2.05) is 6.07 Å². The van der Waals surface area contributed by atoms with Gasteiger partial charge in [0.15, 0.2) is 0 Å². The summed E-state index contributed by atoms with van der Waals surface area (Å²) in [5.74, 6) is -0.297. The summed E-state index contributed by atoms with van der Waals surface area (Å²) in [7, 11) is 0. The molecule has 0 saturated heterocycles. The van der Waals surface area contributed by atoms with E-state index >= 15 is 0 Å². The molecule has 1 rings (SSSR count). The second-order valence-electron chi connectivity index (χ2n) is 2.42. The van der Waals surface area contributed by atoms with Crippen molar-refractivity contribution in [3.05, 3.63) is 21.3 Å². The van der Waals surface area contributed by atoms with E-state index in [9.17, 15) is 4.79 Å². The van der Waals surface area contributed by atoms with E-state index in [0.717, 1.165) is 0 Å². The number of nitrogens with zero attached hydrogens (tertiary/aromatic N) is 1. The Balaban J connectivity index is 2.71. The number of carbonyl (C=O) groups excluding carboxylic acids is 1. The molecule has 0 saturated carbocycles. The van der Waals surface area contributed by atoms with Crippen molar-refractivity contribution in [3.8, 4) is 6.07 Å². The molecule has 0 fully saturated rings. The number of rotatable bonds is 2. The van der Waals surface area contributed by atoms with Gasteiger partial charge >= 0.3 is 0 Å². The lowest BCUT2D eigenvalue weighted by Gasteiger charge is -2.04. The van der Waals surface area contributed by atoms with Crippen LogP contribution < -0.4 is 5.32 Å². The summed E-state index contributed by atoms with van der Waals surface area (Å²) in [6.45, 7) is 1.61. The largest absolute Gasteiger partial charge is 0.336 e. The van der Waals surface area contributed by atoms with Gasteiger partial charge in [-0.25, -0.2) is 0 Å². The lowest BCUT2D eigenvalue weighted by atomic mass is 10.3. The summed E-state index contributed by atoms with van der Waals surface area (Å²) in [6, 6.07) is 3.06. The van der Waals surface area contributed by atoms with Gasteiger partial charge in [0.25, 0.3) is 5.91 Å². The van der Waals surface area contributed by atoms with Gasteiger partial charge in [-0.3, -0.25) is 4.79 Å². The van der Waals surface area contributed by atoms with Crippen molar-refractivity contribution < 1.29 is 4.79 Å². The standard InChI is InChI=1S/C8H7ClN2OS/c1-5(4-10)11-8(12)7-6(9)2-3-13-7/h2-3,5H,1H3,(H,11,12). The molecule has 5 heteroatoms. The molecule has 0 aliphatic rings. The molecule has 0 aliphatic heterocycles. The van der Waals surface area contributed by atoms with Crippen molar-refractivity contribution in [2.24, 2.45) is 0 Å². The van der Waals surface area contributed by atoms with Crippen LogP contribution in [-0.2, 0) is 0 Å². The van der Waals surface area contributed by atoms with Gasteiger partial charge in [-0.05, 0) is 18.4 Å². The molecule has 0 aliphatic carbocycles. The zero-order chi connectivity index (χ0) is 9.84. The molecule has 0 bridgehead atoms. The van der Waals surface area contributed by atoms with Crippen molar-refractivity contribution in [1.82, 2.24) is 5.32 Å². The van der Waals surface area contributed by atoms with Crippen molar-refractivity contribution in [2.45, 2.75) is 13.0 Å². The molecule has 1 aromatic rings. The van der Waals surface area contributed by atoms with Crippen molar-refractivity contribution >= 4 is 28.8 Å². The van der Waals surface area contributed by atoms with Gasteiger partial charge < -0.3 is 5.32 Å². The van der Waals surface area contributed by atoms with Gasteiger partial charge in [0.05, 0.1) is 11.1 Å². The number of nitriles is 1. The molecule has 0 aromatic carbocycles. The van der Waals surface area contributed by atoms with Crippen LogP contribution in [-0.4, -0.2) is 11.9 Å². The molecule has 1 heterocycles. The van der Waals surface area contributed by atoms with Crippen LogP contribution in [0, 0.1) is 11.3 Å². The summed E-state index contributed by atoms with van der Waals surface area (Å²) >= 11 is 6.98. The fraction of sp³-hybridized carbons (Fsp3) is 0.250.